The van der Waals surface area contributed by atoms with Crippen molar-refractivity contribution in [1.29, 1.82) is 0 Å². The van der Waals surface area contributed by atoms with Crippen LogP contribution in [0.25, 0.3) is 0 Å². The van der Waals surface area contributed by atoms with Crippen LogP contribution in [0.2, 0.25) is 0 Å². The van der Waals surface area contributed by atoms with Gasteiger partial charge in [0, 0.05) is 23.9 Å². The second-order valence-corrected chi connectivity index (χ2v) is 5.28. The van der Waals surface area contributed by atoms with Crippen molar-refractivity contribution in [3.63, 3.8) is 0 Å². The van der Waals surface area contributed by atoms with Crippen LogP contribution in [-0.2, 0) is 17.6 Å². The lowest BCUT2D eigenvalue weighted by molar-refractivity contribution is -0.120. The summed E-state index contributed by atoms with van der Waals surface area (Å²) >= 11 is 1.25. The van der Waals surface area contributed by atoms with E-state index in [1.54, 1.807) is 18.2 Å². The number of nitrogens with zero attached hydrogens (tertiary/aromatic N) is 1. The molecule has 1 aromatic carbocycles. The average Bonchev–Trinajstić information content (AvgIpc) is 2.90. The number of aromatic hydroxyl groups is 1. The number of thiazole rings is 1. The fourth-order valence-electron chi connectivity index (χ4n) is 1.73. The number of rotatable bonds is 6. The van der Waals surface area contributed by atoms with Crippen LogP contribution >= 0.6 is 11.3 Å². The zero-order valence-electron chi connectivity index (χ0n) is 11.1. The Morgan fingerprint density at radius 2 is 2.05 bits per heavy atom. The Balaban J connectivity index is 1.79. The number of aromatic carboxylic acids is 1. The zero-order valence-corrected chi connectivity index (χ0v) is 11.9. The highest BCUT2D eigenvalue weighted by Gasteiger charge is 2.10. The first-order valence-electron chi connectivity index (χ1n) is 6.27. The fraction of sp³-hybridized carbons (Fsp3) is 0.214. The summed E-state index contributed by atoms with van der Waals surface area (Å²) in [6.07, 6.45) is 0.579. The summed E-state index contributed by atoms with van der Waals surface area (Å²) in [5.74, 6) is -1.16. The number of hydrogen-bond acceptors (Lipinski definition) is 5. The first-order valence-corrected chi connectivity index (χ1v) is 7.15. The van der Waals surface area contributed by atoms with Crippen molar-refractivity contribution in [2.24, 2.45) is 0 Å². The molecule has 0 fully saturated rings. The van der Waals surface area contributed by atoms with Crippen LogP contribution in [0.1, 0.15) is 21.1 Å². The van der Waals surface area contributed by atoms with Crippen molar-refractivity contribution in [3.05, 3.63) is 45.9 Å². The molecule has 0 aliphatic carbocycles. The molecule has 1 aromatic heterocycles. The van der Waals surface area contributed by atoms with E-state index in [0.717, 1.165) is 0 Å². The van der Waals surface area contributed by atoms with Crippen LogP contribution < -0.4 is 5.32 Å². The normalized spacial score (nSPS) is 10.3. The number of para-hydroxylation sites is 1. The lowest BCUT2D eigenvalue weighted by atomic mass is 10.1. The van der Waals surface area contributed by atoms with Gasteiger partial charge in [-0.15, -0.1) is 11.3 Å². The van der Waals surface area contributed by atoms with Gasteiger partial charge in [-0.3, -0.25) is 4.79 Å². The van der Waals surface area contributed by atoms with Crippen molar-refractivity contribution in [3.8, 4) is 5.75 Å². The summed E-state index contributed by atoms with van der Waals surface area (Å²) in [6.45, 7) is 0.374. The molecule has 0 saturated carbocycles. The molecule has 0 spiro atoms. The van der Waals surface area contributed by atoms with Gasteiger partial charge in [0.1, 0.15) is 5.75 Å². The number of amides is 1. The number of carboxylic acid groups (broad SMARTS) is 1. The van der Waals surface area contributed by atoms with Crippen LogP contribution in [0.15, 0.2) is 29.6 Å². The summed E-state index contributed by atoms with van der Waals surface area (Å²) in [5, 5.41) is 23.2. The lowest BCUT2D eigenvalue weighted by Crippen LogP contribution is -2.27. The Hall–Kier alpha value is -2.41. The van der Waals surface area contributed by atoms with E-state index in [2.05, 4.69) is 10.3 Å². The number of carboxylic acids is 1. The highest BCUT2D eigenvalue weighted by atomic mass is 32.1. The Kier molecular flexibility index (Phi) is 4.89. The van der Waals surface area contributed by atoms with E-state index in [0.29, 0.717) is 23.5 Å². The van der Waals surface area contributed by atoms with Gasteiger partial charge < -0.3 is 15.5 Å². The zero-order chi connectivity index (χ0) is 15.2. The molecule has 110 valence electrons. The minimum Gasteiger partial charge on any atom is -0.508 e. The van der Waals surface area contributed by atoms with Gasteiger partial charge in [-0.05, 0) is 6.07 Å². The number of benzene rings is 1. The highest BCUT2D eigenvalue weighted by Crippen LogP contribution is 2.15. The van der Waals surface area contributed by atoms with Crippen LogP contribution in [0.4, 0.5) is 0 Å². The molecule has 2 rings (SSSR count). The predicted molar refractivity (Wildman–Crippen MR) is 77.6 cm³/mol. The van der Waals surface area contributed by atoms with E-state index in [1.807, 2.05) is 0 Å². The number of hydrogen-bond donors (Lipinski definition) is 3. The maximum absolute atomic E-state index is 11.7. The van der Waals surface area contributed by atoms with Crippen molar-refractivity contribution in [1.82, 2.24) is 10.3 Å². The monoisotopic (exact) mass is 306 g/mol. The van der Waals surface area contributed by atoms with Crippen LogP contribution in [0.5, 0.6) is 5.75 Å². The third-order valence-corrected chi connectivity index (χ3v) is 3.68. The summed E-state index contributed by atoms with van der Waals surface area (Å²) in [7, 11) is 0. The fourth-order valence-corrected chi connectivity index (χ4v) is 2.50. The van der Waals surface area contributed by atoms with Gasteiger partial charge in [-0.2, -0.15) is 0 Å². The lowest BCUT2D eigenvalue weighted by Gasteiger charge is -2.05. The van der Waals surface area contributed by atoms with E-state index in [9.17, 15) is 14.7 Å². The number of phenols is 1. The van der Waals surface area contributed by atoms with Crippen molar-refractivity contribution < 1.29 is 19.8 Å². The minimum atomic E-state index is -1.05. The molecular formula is C14H14N2O4S. The van der Waals surface area contributed by atoms with Gasteiger partial charge in [-0.25, -0.2) is 9.78 Å². The average molecular weight is 306 g/mol. The van der Waals surface area contributed by atoms with E-state index in [4.69, 9.17) is 5.11 Å². The highest BCUT2D eigenvalue weighted by molar-refractivity contribution is 7.09. The standard InChI is InChI=1S/C14H14N2O4S/c17-11-4-2-1-3-9(11)7-12(18)15-6-5-13-16-10(8-21-13)14(19)20/h1-4,8,17H,5-7H2,(H,15,18)(H,19,20). The van der Waals surface area contributed by atoms with E-state index < -0.39 is 5.97 Å². The second kappa shape index (κ2) is 6.85. The van der Waals surface area contributed by atoms with Gasteiger partial charge >= 0.3 is 5.97 Å². The third-order valence-electron chi connectivity index (χ3n) is 2.77. The smallest absolute Gasteiger partial charge is 0.355 e. The molecule has 0 unspecified atom stereocenters. The topological polar surface area (TPSA) is 99.5 Å². The van der Waals surface area contributed by atoms with Crippen LogP contribution in [0.3, 0.4) is 0 Å². The van der Waals surface area contributed by atoms with Gasteiger partial charge in [0.25, 0.3) is 0 Å². The summed E-state index contributed by atoms with van der Waals surface area (Å²) in [5.41, 5.74) is 0.591. The third kappa shape index (κ3) is 4.28. The van der Waals surface area contributed by atoms with Gasteiger partial charge in [0.2, 0.25) is 5.91 Å². The van der Waals surface area contributed by atoms with Gasteiger partial charge in [0.05, 0.1) is 11.4 Å². The maximum Gasteiger partial charge on any atom is 0.355 e. The van der Waals surface area contributed by atoms with E-state index in [-0.39, 0.29) is 23.8 Å². The quantitative estimate of drug-likeness (QED) is 0.750. The molecule has 0 aliphatic heterocycles. The largest absolute Gasteiger partial charge is 0.508 e. The van der Waals surface area contributed by atoms with Crippen LogP contribution in [0, 0.1) is 0 Å². The van der Waals surface area contributed by atoms with E-state index >= 15 is 0 Å². The molecule has 21 heavy (non-hydrogen) atoms. The van der Waals surface area contributed by atoms with Crippen LogP contribution in [-0.4, -0.2) is 33.6 Å². The minimum absolute atomic E-state index is 0.0236. The van der Waals surface area contributed by atoms with Gasteiger partial charge in [0.15, 0.2) is 5.69 Å². The second-order valence-electron chi connectivity index (χ2n) is 4.34. The molecule has 0 aliphatic rings. The maximum atomic E-state index is 11.7. The Bertz CT molecular complexity index is 654. The van der Waals surface area contributed by atoms with Crippen molar-refractivity contribution in [2.75, 3.05) is 6.54 Å². The molecule has 0 atom stereocenters. The Morgan fingerprint density at radius 3 is 2.71 bits per heavy atom. The molecular weight excluding hydrogens is 292 g/mol. The predicted octanol–water partition coefficient (Wildman–Crippen LogP) is 1.45. The number of aromatic nitrogens is 1. The summed E-state index contributed by atoms with van der Waals surface area (Å²) < 4.78 is 0. The molecule has 7 heteroatoms. The first-order chi connectivity index (χ1) is 10.1. The number of phenolic OH excluding ortho intramolecular Hbond substituents is 1. The SMILES string of the molecule is O=C(Cc1ccccc1O)NCCc1nc(C(=O)O)cs1. The first kappa shape index (κ1) is 15.0. The molecule has 0 radical (unpaired) electrons. The van der Waals surface area contributed by atoms with Crippen molar-refractivity contribution in [2.45, 2.75) is 12.8 Å². The molecule has 0 bridgehead atoms. The number of nitrogens with one attached hydrogen (secondary N) is 1. The molecule has 2 aromatic rings. The number of carbonyl (C=O) groups excluding carboxylic acids is 1. The Labute approximate surface area is 125 Å². The molecule has 6 nitrogen and oxygen atoms in total. The molecule has 1 amide bonds. The molecule has 1 heterocycles. The number of carbonyl (C=O) groups is 2. The van der Waals surface area contributed by atoms with E-state index in [1.165, 1.54) is 22.8 Å². The Morgan fingerprint density at radius 1 is 1.29 bits per heavy atom. The van der Waals surface area contributed by atoms with Crippen molar-refractivity contribution >= 4 is 23.2 Å². The summed E-state index contributed by atoms with van der Waals surface area (Å²) in [4.78, 5) is 26.3. The molecule has 3 N–H and O–H groups in total. The summed E-state index contributed by atoms with van der Waals surface area (Å²) in [6, 6.07) is 6.67. The van der Waals surface area contributed by atoms with Gasteiger partial charge in [-0.1, -0.05) is 18.2 Å². The molecule has 0 saturated heterocycles.